The first-order valence-electron chi connectivity index (χ1n) is 5.12. The lowest BCUT2D eigenvalue weighted by Gasteiger charge is -2.26. The third-order valence-electron chi connectivity index (χ3n) is 2.66. The fraction of sp³-hybridized carbons (Fsp3) is 0.364. The summed E-state index contributed by atoms with van der Waals surface area (Å²) in [6.07, 6.45) is 0. The van der Waals surface area contributed by atoms with Crippen LogP contribution >= 0.6 is 11.6 Å². The number of nitrogens with two attached hydrogens (primary N) is 1. The fourth-order valence-electron chi connectivity index (χ4n) is 1.37. The van der Waals surface area contributed by atoms with Crippen LogP contribution in [0.2, 0.25) is 5.02 Å². The van der Waals surface area contributed by atoms with E-state index >= 15 is 0 Å². The van der Waals surface area contributed by atoms with Crippen LogP contribution in [0, 0.1) is 0 Å². The van der Waals surface area contributed by atoms with Crippen LogP contribution in [-0.4, -0.2) is 35.8 Å². The van der Waals surface area contributed by atoms with Gasteiger partial charge < -0.3 is 20.9 Å². The Hall–Kier alpha value is -1.46. The molecule has 1 atom stereocenters. The van der Waals surface area contributed by atoms with Gasteiger partial charge in [-0.2, -0.15) is 0 Å². The zero-order valence-corrected chi connectivity index (χ0v) is 10.5. The summed E-state index contributed by atoms with van der Waals surface area (Å²) < 4.78 is 0. The minimum Gasteiger partial charge on any atom is -0.409 e. The number of anilines is 1. The van der Waals surface area contributed by atoms with E-state index in [4.69, 9.17) is 27.6 Å². The molecule has 0 aliphatic heterocycles. The van der Waals surface area contributed by atoms with Crippen LogP contribution in [-0.2, 0) is 0 Å². The zero-order valence-electron chi connectivity index (χ0n) is 9.76. The second-order valence-electron chi connectivity index (χ2n) is 3.79. The van der Waals surface area contributed by atoms with E-state index in [0.717, 1.165) is 5.69 Å². The number of aliphatic hydroxyl groups is 1. The third kappa shape index (κ3) is 3.01. The summed E-state index contributed by atoms with van der Waals surface area (Å²) in [6, 6.07) is 5.05. The molecule has 0 amide bonds. The number of nitrogens with zero attached hydrogens (tertiary/aromatic N) is 2. The summed E-state index contributed by atoms with van der Waals surface area (Å²) >= 11 is 6.11. The van der Waals surface area contributed by atoms with Crippen molar-refractivity contribution in [3.05, 3.63) is 28.8 Å². The zero-order chi connectivity index (χ0) is 13.0. The standard InChI is InChI=1S/C11H16ClN3O2/c1-7(6-16)15(2)10-4-3-8(5-9(10)12)11(13)14-17/h3-5,7,16-17H,6H2,1-2H3,(H2,13,14). The van der Waals surface area contributed by atoms with Gasteiger partial charge in [0.05, 0.1) is 17.3 Å². The Bertz CT molecular complexity index is 423. The van der Waals surface area contributed by atoms with Crippen molar-refractivity contribution in [2.24, 2.45) is 10.9 Å². The number of likely N-dealkylation sites (N-methyl/N-ethyl adjacent to an activating group) is 1. The number of aliphatic hydroxyl groups excluding tert-OH is 1. The molecule has 94 valence electrons. The Balaban J connectivity index is 3.05. The lowest BCUT2D eigenvalue weighted by Crippen LogP contribution is -2.32. The predicted molar refractivity (Wildman–Crippen MR) is 68.9 cm³/mol. The van der Waals surface area contributed by atoms with E-state index in [9.17, 15) is 0 Å². The molecule has 1 aromatic rings. The average molecular weight is 258 g/mol. The molecule has 17 heavy (non-hydrogen) atoms. The average Bonchev–Trinajstić information content (AvgIpc) is 2.35. The number of amidine groups is 1. The number of halogens is 1. The topological polar surface area (TPSA) is 82.1 Å². The van der Waals surface area contributed by atoms with Crippen molar-refractivity contribution in [3.63, 3.8) is 0 Å². The van der Waals surface area contributed by atoms with E-state index in [2.05, 4.69) is 5.16 Å². The van der Waals surface area contributed by atoms with Crippen LogP contribution < -0.4 is 10.6 Å². The quantitative estimate of drug-likeness (QED) is 0.328. The molecule has 0 aliphatic carbocycles. The second-order valence-corrected chi connectivity index (χ2v) is 4.20. The smallest absolute Gasteiger partial charge is 0.170 e. The second kappa shape index (κ2) is 5.75. The van der Waals surface area contributed by atoms with Crippen molar-refractivity contribution in [1.29, 1.82) is 0 Å². The molecule has 0 radical (unpaired) electrons. The Kier molecular flexibility index (Phi) is 4.60. The maximum absolute atomic E-state index is 9.08. The van der Waals surface area contributed by atoms with Gasteiger partial charge in [0, 0.05) is 18.7 Å². The van der Waals surface area contributed by atoms with Gasteiger partial charge in [0.2, 0.25) is 0 Å². The van der Waals surface area contributed by atoms with Crippen molar-refractivity contribution in [1.82, 2.24) is 0 Å². The SMILES string of the molecule is CC(CO)N(C)c1ccc(/C(N)=N/O)cc1Cl. The highest BCUT2D eigenvalue weighted by Gasteiger charge is 2.13. The number of hydrogen-bond donors (Lipinski definition) is 3. The largest absolute Gasteiger partial charge is 0.409 e. The van der Waals surface area contributed by atoms with Crippen molar-refractivity contribution >= 4 is 23.1 Å². The number of rotatable bonds is 4. The van der Waals surface area contributed by atoms with Gasteiger partial charge in [-0.15, -0.1) is 0 Å². The number of hydrogen-bond acceptors (Lipinski definition) is 4. The van der Waals surface area contributed by atoms with Gasteiger partial charge in [-0.05, 0) is 25.1 Å². The van der Waals surface area contributed by atoms with E-state index in [1.54, 1.807) is 18.2 Å². The first-order valence-corrected chi connectivity index (χ1v) is 5.50. The molecule has 0 spiro atoms. The molecule has 1 aromatic carbocycles. The third-order valence-corrected chi connectivity index (χ3v) is 2.96. The molecule has 4 N–H and O–H groups in total. The summed E-state index contributed by atoms with van der Waals surface area (Å²) in [5.74, 6) is 0.0105. The van der Waals surface area contributed by atoms with Gasteiger partial charge in [0.1, 0.15) is 0 Å². The van der Waals surface area contributed by atoms with Gasteiger partial charge in [0.25, 0.3) is 0 Å². The van der Waals surface area contributed by atoms with E-state index in [1.165, 1.54) is 0 Å². The minimum atomic E-state index is -0.0396. The molecule has 5 nitrogen and oxygen atoms in total. The summed E-state index contributed by atoms with van der Waals surface area (Å²) in [5.41, 5.74) is 6.79. The molecule has 1 rings (SSSR count). The first-order chi connectivity index (χ1) is 8.01. The van der Waals surface area contributed by atoms with Crippen LogP contribution in [0.15, 0.2) is 23.4 Å². The first kappa shape index (κ1) is 13.6. The van der Waals surface area contributed by atoms with Gasteiger partial charge in [-0.3, -0.25) is 0 Å². The molecule has 0 aromatic heterocycles. The summed E-state index contributed by atoms with van der Waals surface area (Å²) in [7, 11) is 1.84. The molecule has 0 bridgehead atoms. The van der Waals surface area contributed by atoms with Crippen molar-refractivity contribution in [2.45, 2.75) is 13.0 Å². The van der Waals surface area contributed by atoms with Crippen LogP contribution in [0.5, 0.6) is 0 Å². The van der Waals surface area contributed by atoms with Gasteiger partial charge in [-0.25, -0.2) is 0 Å². The highest BCUT2D eigenvalue weighted by atomic mass is 35.5. The van der Waals surface area contributed by atoms with E-state index < -0.39 is 0 Å². The Labute approximate surface area is 105 Å². The van der Waals surface area contributed by atoms with Gasteiger partial charge >= 0.3 is 0 Å². The van der Waals surface area contributed by atoms with Crippen LogP contribution in [0.3, 0.4) is 0 Å². The van der Waals surface area contributed by atoms with E-state index in [1.807, 2.05) is 18.9 Å². The molecule has 1 unspecified atom stereocenters. The molecular formula is C11H16ClN3O2. The van der Waals surface area contributed by atoms with E-state index in [0.29, 0.717) is 10.6 Å². The Morgan fingerprint density at radius 1 is 1.59 bits per heavy atom. The van der Waals surface area contributed by atoms with Crippen LogP contribution in [0.4, 0.5) is 5.69 Å². The van der Waals surface area contributed by atoms with E-state index in [-0.39, 0.29) is 18.5 Å². The molecular weight excluding hydrogens is 242 g/mol. The number of oxime groups is 1. The van der Waals surface area contributed by atoms with Gasteiger partial charge in [-0.1, -0.05) is 16.8 Å². The number of benzene rings is 1. The Morgan fingerprint density at radius 2 is 2.24 bits per heavy atom. The summed E-state index contributed by atoms with van der Waals surface area (Å²) in [6.45, 7) is 1.92. The maximum atomic E-state index is 9.08. The van der Waals surface area contributed by atoms with Crippen molar-refractivity contribution < 1.29 is 10.3 Å². The lowest BCUT2D eigenvalue weighted by molar-refractivity contribution is 0.270. The Morgan fingerprint density at radius 3 is 2.71 bits per heavy atom. The molecule has 0 fully saturated rings. The molecule has 0 aliphatic rings. The summed E-state index contributed by atoms with van der Waals surface area (Å²) in [4.78, 5) is 1.86. The fourth-order valence-corrected chi connectivity index (χ4v) is 1.68. The minimum absolute atomic E-state index is 0.0105. The van der Waals surface area contributed by atoms with Crippen molar-refractivity contribution in [3.8, 4) is 0 Å². The van der Waals surface area contributed by atoms with Crippen LogP contribution in [0.25, 0.3) is 0 Å². The molecule has 6 heteroatoms. The normalized spacial score (nSPS) is 13.5. The predicted octanol–water partition coefficient (Wildman–Crippen LogP) is 1.25. The molecule has 0 saturated carbocycles. The summed E-state index contributed by atoms with van der Waals surface area (Å²) in [5, 5.41) is 21.0. The maximum Gasteiger partial charge on any atom is 0.170 e. The highest BCUT2D eigenvalue weighted by Crippen LogP contribution is 2.27. The van der Waals surface area contributed by atoms with Crippen LogP contribution in [0.1, 0.15) is 12.5 Å². The molecule has 0 heterocycles. The lowest BCUT2D eigenvalue weighted by atomic mass is 10.1. The highest BCUT2D eigenvalue weighted by molar-refractivity contribution is 6.33. The van der Waals surface area contributed by atoms with Gasteiger partial charge in [0.15, 0.2) is 5.84 Å². The van der Waals surface area contributed by atoms with Crippen molar-refractivity contribution in [2.75, 3.05) is 18.6 Å². The molecule has 0 saturated heterocycles. The monoisotopic (exact) mass is 257 g/mol.